The van der Waals surface area contributed by atoms with Gasteiger partial charge >= 0.3 is 0 Å². The fourth-order valence-corrected chi connectivity index (χ4v) is 2.55. The summed E-state index contributed by atoms with van der Waals surface area (Å²) in [4.78, 5) is 0.113. The molecule has 14 heavy (non-hydrogen) atoms. The molecule has 1 aromatic rings. The highest BCUT2D eigenvalue weighted by Gasteiger charge is 2.16. The Morgan fingerprint density at radius 1 is 1.07 bits per heavy atom. The van der Waals surface area contributed by atoms with E-state index in [9.17, 15) is 0 Å². The zero-order valence-electron chi connectivity index (χ0n) is 6.68. The first-order valence-electron chi connectivity index (χ1n) is 3.54. The molecule has 1 aromatic carbocycles. The number of halogens is 5. The van der Waals surface area contributed by atoms with Crippen LogP contribution in [0, 0.1) is 0 Å². The summed E-state index contributed by atoms with van der Waals surface area (Å²) < 4.78 is -0.450. The van der Waals surface area contributed by atoms with Crippen molar-refractivity contribution in [1.29, 1.82) is 0 Å². The van der Waals surface area contributed by atoms with Crippen molar-refractivity contribution in [2.45, 2.75) is 14.4 Å². The van der Waals surface area contributed by atoms with Gasteiger partial charge < -0.3 is 0 Å². The second-order valence-corrected chi connectivity index (χ2v) is 6.30. The molecule has 0 amide bonds. The van der Waals surface area contributed by atoms with Crippen LogP contribution in [0.25, 0.3) is 0 Å². The van der Waals surface area contributed by atoms with Gasteiger partial charge in [0.1, 0.15) is 9.55 Å². The van der Waals surface area contributed by atoms with Gasteiger partial charge in [0.2, 0.25) is 0 Å². The summed E-state index contributed by atoms with van der Waals surface area (Å²) in [7, 11) is 0. The Hall–Kier alpha value is 1.02. The zero-order chi connectivity index (χ0) is 10.7. The highest BCUT2D eigenvalue weighted by molar-refractivity contribution is 8.01. The Balaban J connectivity index is 2.80. The van der Waals surface area contributed by atoms with Crippen LogP contribution in [-0.2, 0) is 0 Å². The largest absolute Gasteiger partial charge is 0.133 e. The molecule has 0 radical (unpaired) electrons. The first-order valence-corrected chi connectivity index (χ1v) is 6.49. The predicted molar refractivity (Wildman–Crippen MR) is 67.5 cm³/mol. The third-order valence-corrected chi connectivity index (χ3v) is 4.68. The van der Waals surface area contributed by atoms with Crippen molar-refractivity contribution in [2.75, 3.05) is 0 Å². The molecule has 78 valence electrons. The highest BCUT2D eigenvalue weighted by atomic mass is 35.5. The summed E-state index contributed by atoms with van der Waals surface area (Å²) in [5.41, 5.74) is 0. The van der Waals surface area contributed by atoms with Gasteiger partial charge in [0.25, 0.3) is 0 Å². The molecule has 0 saturated carbocycles. The SMILES string of the molecule is Clc1ccc(Cl)c(SC(Cl)C(Cl)Cl)c1. The minimum absolute atomic E-state index is 0.450. The Morgan fingerprint density at radius 3 is 2.29 bits per heavy atom. The van der Waals surface area contributed by atoms with Crippen molar-refractivity contribution >= 4 is 69.8 Å². The summed E-state index contributed by atoms with van der Waals surface area (Å²) in [5, 5.41) is 1.18. The number of thioether (sulfide) groups is 1. The molecule has 0 fully saturated rings. The van der Waals surface area contributed by atoms with Crippen LogP contribution in [0.3, 0.4) is 0 Å². The van der Waals surface area contributed by atoms with E-state index in [1.807, 2.05) is 0 Å². The zero-order valence-corrected chi connectivity index (χ0v) is 11.3. The minimum atomic E-state index is -0.656. The van der Waals surface area contributed by atoms with Crippen molar-refractivity contribution in [3.63, 3.8) is 0 Å². The van der Waals surface area contributed by atoms with Crippen LogP contribution >= 0.6 is 69.8 Å². The number of rotatable bonds is 3. The molecule has 0 aliphatic carbocycles. The Morgan fingerprint density at radius 2 is 1.71 bits per heavy atom. The van der Waals surface area contributed by atoms with Crippen molar-refractivity contribution in [3.8, 4) is 0 Å². The molecule has 0 heterocycles. The maximum absolute atomic E-state index is 5.92. The van der Waals surface area contributed by atoms with E-state index in [1.165, 1.54) is 11.8 Å². The molecule has 0 saturated heterocycles. The molecular weight excluding hydrogens is 305 g/mol. The minimum Gasteiger partial charge on any atom is -0.108 e. The highest BCUT2D eigenvalue weighted by Crippen LogP contribution is 2.37. The van der Waals surface area contributed by atoms with Gasteiger partial charge in [0, 0.05) is 9.92 Å². The number of hydrogen-bond acceptors (Lipinski definition) is 1. The van der Waals surface area contributed by atoms with Crippen molar-refractivity contribution in [2.24, 2.45) is 0 Å². The predicted octanol–water partition coefficient (Wildman–Crippen LogP) is 5.45. The van der Waals surface area contributed by atoms with Gasteiger partial charge in [-0.15, -0.1) is 46.6 Å². The molecule has 1 atom stereocenters. The maximum atomic E-state index is 5.92. The monoisotopic (exact) mass is 308 g/mol. The fraction of sp³-hybridized carbons (Fsp3) is 0.250. The van der Waals surface area contributed by atoms with Gasteiger partial charge in [0.05, 0.1) is 5.02 Å². The molecule has 0 spiro atoms. The third kappa shape index (κ3) is 3.88. The topological polar surface area (TPSA) is 0 Å². The summed E-state index contributed by atoms with van der Waals surface area (Å²) in [5.74, 6) is 0. The van der Waals surface area contributed by atoms with Crippen LogP contribution in [0.1, 0.15) is 0 Å². The summed E-state index contributed by atoms with van der Waals surface area (Å²) >= 11 is 30.1. The second-order valence-electron chi connectivity index (χ2n) is 2.38. The quantitative estimate of drug-likeness (QED) is 0.528. The third-order valence-electron chi connectivity index (χ3n) is 1.33. The first kappa shape index (κ1) is 13.1. The molecule has 1 unspecified atom stereocenters. The molecule has 1 rings (SSSR count). The van der Waals surface area contributed by atoms with E-state index in [4.69, 9.17) is 58.0 Å². The Bertz CT molecular complexity index is 315. The number of benzene rings is 1. The molecule has 0 aliphatic rings. The first-order chi connectivity index (χ1) is 6.50. The molecule has 6 heteroatoms. The molecule has 0 aliphatic heterocycles. The van der Waals surface area contributed by atoms with E-state index in [-0.39, 0.29) is 0 Å². The van der Waals surface area contributed by atoms with Gasteiger partial charge in [-0.05, 0) is 18.2 Å². The van der Waals surface area contributed by atoms with Gasteiger partial charge in [-0.2, -0.15) is 0 Å². The van der Waals surface area contributed by atoms with Gasteiger partial charge in [-0.1, -0.05) is 23.2 Å². The van der Waals surface area contributed by atoms with Gasteiger partial charge in [0.15, 0.2) is 0 Å². The lowest BCUT2D eigenvalue weighted by molar-refractivity contribution is 1.29. The van der Waals surface area contributed by atoms with Crippen LogP contribution in [-0.4, -0.2) is 9.55 Å². The lowest BCUT2D eigenvalue weighted by Gasteiger charge is -2.10. The molecule has 0 nitrogen and oxygen atoms in total. The number of hydrogen-bond donors (Lipinski definition) is 0. The Labute approximate surface area is 112 Å². The fourth-order valence-electron chi connectivity index (χ4n) is 0.740. The van der Waals surface area contributed by atoms with Crippen molar-refractivity contribution in [1.82, 2.24) is 0 Å². The van der Waals surface area contributed by atoms with E-state index in [1.54, 1.807) is 18.2 Å². The smallest absolute Gasteiger partial charge is 0.108 e. The van der Waals surface area contributed by atoms with Crippen LogP contribution in [0.5, 0.6) is 0 Å². The molecular formula is C8H5Cl5S. The maximum Gasteiger partial charge on any atom is 0.133 e. The lowest BCUT2D eigenvalue weighted by atomic mass is 10.4. The van der Waals surface area contributed by atoms with Crippen molar-refractivity contribution in [3.05, 3.63) is 28.2 Å². The standard InChI is InChI=1S/C8H5Cl5S/c9-4-1-2-5(10)6(3-4)14-8(13)7(11)12/h1-3,7-8H. The van der Waals surface area contributed by atoms with Crippen LogP contribution in [0.4, 0.5) is 0 Å². The normalized spacial score (nSPS) is 13.3. The van der Waals surface area contributed by atoms with E-state index >= 15 is 0 Å². The second kappa shape index (κ2) is 5.93. The number of alkyl halides is 3. The van der Waals surface area contributed by atoms with E-state index in [2.05, 4.69) is 0 Å². The van der Waals surface area contributed by atoms with Crippen LogP contribution in [0.15, 0.2) is 23.1 Å². The van der Waals surface area contributed by atoms with Crippen LogP contribution < -0.4 is 0 Å². The van der Waals surface area contributed by atoms with Gasteiger partial charge in [-0.25, -0.2) is 0 Å². The average molecular weight is 310 g/mol. The molecule has 0 N–H and O–H groups in total. The van der Waals surface area contributed by atoms with Gasteiger partial charge in [-0.3, -0.25) is 0 Å². The Kier molecular flexibility index (Phi) is 5.54. The molecule has 0 aromatic heterocycles. The van der Waals surface area contributed by atoms with E-state index < -0.39 is 9.55 Å². The lowest BCUT2D eigenvalue weighted by Crippen LogP contribution is -2.02. The van der Waals surface area contributed by atoms with Crippen LogP contribution in [0.2, 0.25) is 10.0 Å². The summed E-state index contributed by atoms with van der Waals surface area (Å²) in [6.07, 6.45) is 0. The van der Waals surface area contributed by atoms with Crippen molar-refractivity contribution < 1.29 is 0 Å². The molecule has 0 bridgehead atoms. The van der Waals surface area contributed by atoms with E-state index in [0.717, 1.165) is 4.90 Å². The van der Waals surface area contributed by atoms with E-state index in [0.29, 0.717) is 10.0 Å². The summed E-state index contributed by atoms with van der Waals surface area (Å²) in [6, 6.07) is 5.13. The summed E-state index contributed by atoms with van der Waals surface area (Å²) in [6.45, 7) is 0. The average Bonchev–Trinajstić information content (AvgIpc) is 2.11.